The number of aryl methyl sites for hydroxylation is 1. The summed E-state index contributed by atoms with van der Waals surface area (Å²) < 4.78 is 5.58. The van der Waals surface area contributed by atoms with Gasteiger partial charge in [0.25, 0.3) is 0 Å². The van der Waals surface area contributed by atoms with Crippen LogP contribution in [0.1, 0.15) is 34.7 Å². The van der Waals surface area contributed by atoms with Crippen LogP contribution in [0.2, 0.25) is 0 Å². The van der Waals surface area contributed by atoms with E-state index in [4.69, 9.17) is 9.72 Å². The maximum absolute atomic E-state index is 5.58. The highest BCUT2D eigenvalue weighted by atomic mass is 32.1. The molecule has 0 saturated heterocycles. The number of aromatic nitrogens is 1. The fourth-order valence-corrected chi connectivity index (χ4v) is 4.33. The molecular weight excluding hydrogens is 328 g/mol. The molecule has 2 heterocycles. The van der Waals surface area contributed by atoms with Gasteiger partial charge in [-0.2, -0.15) is 0 Å². The maximum atomic E-state index is 5.58. The summed E-state index contributed by atoms with van der Waals surface area (Å²) in [7, 11) is 0. The third-order valence-corrected chi connectivity index (χ3v) is 6.00. The van der Waals surface area contributed by atoms with Crippen molar-refractivity contribution in [3.05, 3.63) is 70.2 Å². The van der Waals surface area contributed by atoms with Gasteiger partial charge in [0.15, 0.2) is 0 Å². The number of nitrogens with one attached hydrogen (secondary N) is 1. The molecule has 3 aromatic rings. The zero-order valence-corrected chi connectivity index (χ0v) is 15.4. The van der Waals surface area contributed by atoms with Gasteiger partial charge in [-0.3, -0.25) is 0 Å². The van der Waals surface area contributed by atoms with Gasteiger partial charge in [0, 0.05) is 29.4 Å². The van der Waals surface area contributed by atoms with Crippen LogP contribution in [0.15, 0.2) is 48.5 Å². The van der Waals surface area contributed by atoms with Crippen molar-refractivity contribution in [1.82, 2.24) is 10.3 Å². The Hall–Kier alpha value is -2.17. The lowest BCUT2D eigenvalue weighted by molar-refractivity contribution is 0.357. The van der Waals surface area contributed by atoms with E-state index in [9.17, 15) is 0 Å². The molecule has 3 nitrogen and oxygen atoms in total. The third kappa shape index (κ3) is 3.46. The molecule has 1 atom stereocenters. The largest absolute Gasteiger partial charge is 0.493 e. The van der Waals surface area contributed by atoms with E-state index in [0.717, 1.165) is 36.0 Å². The van der Waals surface area contributed by atoms with Gasteiger partial charge in [-0.25, -0.2) is 4.98 Å². The highest BCUT2D eigenvalue weighted by molar-refractivity contribution is 7.15. The van der Waals surface area contributed by atoms with Gasteiger partial charge in [-0.05, 0) is 31.0 Å². The van der Waals surface area contributed by atoms with Crippen molar-refractivity contribution in [3.8, 4) is 16.3 Å². The topological polar surface area (TPSA) is 34.2 Å². The quantitative estimate of drug-likeness (QED) is 0.710. The lowest BCUT2D eigenvalue weighted by Crippen LogP contribution is -2.18. The van der Waals surface area contributed by atoms with Gasteiger partial charge in [-0.15, -0.1) is 11.3 Å². The second-order valence-electron chi connectivity index (χ2n) is 6.48. The minimum Gasteiger partial charge on any atom is -0.493 e. The molecule has 0 saturated carbocycles. The van der Waals surface area contributed by atoms with Crippen molar-refractivity contribution in [2.24, 2.45) is 0 Å². The Kier molecular flexibility index (Phi) is 4.55. The van der Waals surface area contributed by atoms with Gasteiger partial charge >= 0.3 is 0 Å². The molecule has 0 radical (unpaired) electrons. The van der Waals surface area contributed by atoms with Crippen LogP contribution in [0.5, 0.6) is 5.75 Å². The normalized spacial score (nSPS) is 14.2. The Morgan fingerprint density at radius 3 is 2.88 bits per heavy atom. The first-order valence-electron chi connectivity index (χ1n) is 8.71. The number of rotatable bonds is 5. The van der Waals surface area contributed by atoms with Crippen molar-refractivity contribution in [3.63, 3.8) is 0 Å². The first-order chi connectivity index (χ1) is 12.2. The summed E-state index contributed by atoms with van der Waals surface area (Å²) in [5.74, 6) is 1.04. The van der Waals surface area contributed by atoms with Gasteiger partial charge < -0.3 is 10.1 Å². The van der Waals surface area contributed by atoms with Crippen molar-refractivity contribution >= 4 is 11.3 Å². The summed E-state index contributed by atoms with van der Waals surface area (Å²) in [6.07, 6.45) is 1.02. The fourth-order valence-electron chi connectivity index (χ4n) is 3.23. The highest BCUT2D eigenvalue weighted by Gasteiger charge is 2.16. The number of benzene rings is 2. The fraction of sp³-hybridized carbons (Fsp3) is 0.286. The molecule has 1 unspecified atom stereocenters. The number of fused-ring (bicyclic) bond motifs is 1. The van der Waals surface area contributed by atoms with Crippen molar-refractivity contribution in [2.75, 3.05) is 6.61 Å². The molecule has 4 rings (SSSR count). The minimum atomic E-state index is 0.277. The number of ether oxygens (including phenoxy) is 1. The molecule has 1 aromatic heterocycles. The van der Waals surface area contributed by atoms with E-state index in [1.165, 1.54) is 21.6 Å². The Morgan fingerprint density at radius 1 is 1.20 bits per heavy atom. The Balaban J connectivity index is 1.46. The second kappa shape index (κ2) is 6.98. The van der Waals surface area contributed by atoms with Gasteiger partial charge in [-0.1, -0.05) is 42.5 Å². The molecule has 1 N–H and O–H groups in total. The molecule has 0 fully saturated rings. The molecule has 128 valence electrons. The summed E-state index contributed by atoms with van der Waals surface area (Å²) in [6, 6.07) is 17.2. The van der Waals surface area contributed by atoms with Crippen molar-refractivity contribution in [2.45, 2.75) is 32.9 Å². The Labute approximate surface area is 152 Å². The van der Waals surface area contributed by atoms with Crippen LogP contribution >= 0.6 is 11.3 Å². The SMILES string of the molecule is Cc1nc(-c2ccccc2)sc1C(C)NCc1ccc2c(c1)CCO2. The molecule has 1 aliphatic heterocycles. The predicted molar refractivity (Wildman–Crippen MR) is 103 cm³/mol. The average Bonchev–Trinajstić information content (AvgIpc) is 3.26. The summed E-state index contributed by atoms with van der Waals surface area (Å²) >= 11 is 1.78. The smallest absolute Gasteiger partial charge is 0.123 e. The van der Waals surface area contributed by atoms with E-state index in [1.807, 2.05) is 6.07 Å². The van der Waals surface area contributed by atoms with Crippen LogP contribution in [-0.2, 0) is 13.0 Å². The van der Waals surface area contributed by atoms with E-state index in [0.29, 0.717) is 0 Å². The van der Waals surface area contributed by atoms with E-state index >= 15 is 0 Å². The number of nitrogens with zero attached hydrogens (tertiary/aromatic N) is 1. The summed E-state index contributed by atoms with van der Waals surface area (Å²) in [5, 5.41) is 4.74. The number of thiazole rings is 1. The average molecular weight is 350 g/mol. The molecule has 4 heteroatoms. The van der Waals surface area contributed by atoms with Gasteiger partial charge in [0.05, 0.1) is 12.3 Å². The van der Waals surface area contributed by atoms with Gasteiger partial charge in [0.2, 0.25) is 0 Å². The van der Waals surface area contributed by atoms with Crippen LogP contribution in [0, 0.1) is 6.92 Å². The summed E-state index contributed by atoms with van der Waals surface area (Å²) in [6.45, 7) is 5.98. The first-order valence-corrected chi connectivity index (χ1v) is 9.53. The van der Waals surface area contributed by atoms with Crippen LogP contribution in [-0.4, -0.2) is 11.6 Å². The number of hydrogen-bond acceptors (Lipinski definition) is 4. The standard InChI is InChI=1S/C21H22N2OS/c1-14(22-13-16-8-9-19-18(12-16)10-11-24-19)20-15(2)23-21(25-20)17-6-4-3-5-7-17/h3-9,12,14,22H,10-11,13H2,1-2H3. The molecule has 2 aromatic carbocycles. The van der Waals surface area contributed by atoms with Crippen LogP contribution in [0.4, 0.5) is 0 Å². The van der Waals surface area contributed by atoms with Crippen LogP contribution < -0.4 is 10.1 Å². The summed E-state index contributed by atoms with van der Waals surface area (Å²) in [4.78, 5) is 6.07. The van der Waals surface area contributed by atoms with Crippen molar-refractivity contribution < 1.29 is 4.74 Å². The highest BCUT2D eigenvalue weighted by Crippen LogP contribution is 2.32. The van der Waals surface area contributed by atoms with Crippen LogP contribution in [0.3, 0.4) is 0 Å². The Morgan fingerprint density at radius 2 is 2.04 bits per heavy atom. The monoisotopic (exact) mass is 350 g/mol. The Bertz CT molecular complexity index is 873. The van der Waals surface area contributed by atoms with E-state index in [2.05, 4.69) is 61.6 Å². The minimum absolute atomic E-state index is 0.277. The zero-order valence-electron chi connectivity index (χ0n) is 14.6. The summed E-state index contributed by atoms with van der Waals surface area (Å²) in [5.41, 5.74) is 4.94. The molecule has 0 spiro atoms. The van der Waals surface area contributed by atoms with E-state index in [1.54, 1.807) is 11.3 Å². The van der Waals surface area contributed by atoms with Gasteiger partial charge in [0.1, 0.15) is 10.8 Å². The maximum Gasteiger partial charge on any atom is 0.123 e. The molecule has 0 aliphatic carbocycles. The number of hydrogen-bond donors (Lipinski definition) is 1. The first kappa shape index (κ1) is 16.3. The van der Waals surface area contributed by atoms with Crippen molar-refractivity contribution in [1.29, 1.82) is 0 Å². The lowest BCUT2D eigenvalue weighted by Gasteiger charge is -2.13. The van der Waals surface area contributed by atoms with E-state index < -0.39 is 0 Å². The van der Waals surface area contributed by atoms with E-state index in [-0.39, 0.29) is 6.04 Å². The van der Waals surface area contributed by atoms with Crippen LogP contribution in [0.25, 0.3) is 10.6 Å². The molecule has 0 bridgehead atoms. The second-order valence-corrected chi connectivity index (χ2v) is 7.51. The third-order valence-electron chi connectivity index (χ3n) is 4.61. The zero-order chi connectivity index (χ0) is 17.2. The molecule has 1 aliphatic rings. The molecule has 25 heavy (non-hydrogen) atoms. The lowest BCUT2D eigenvalue weighted by atomic mass is 10.1. The molecule has 0 amide bonds. The molecular formula is C21H22N2OS. The predicted octanol–water partition coefficient (Wildman–Crippen LogP) is 4.90.